The highest BCUT2D eigenvalue weighted by molar-refractivity contribution is 5.87. The average molecular weight is 340 g/mol. The van der Waals surface area contributed by atoms with E-state index in [9.17, 15) is 4.79 Å². The van der Waals surface area contributed by atoms with Crippen molar-refractivity contribution < 1.29 is 14.3 Å². The molecule has 9 nitrogen and oxygen atoms in total. The third-order valence-electron chi connectivity index (χ3n) is 3.90. The smallest absolute Gasteiger partial charge is 0.239 e. The molecule has 0 spiro atoms. The Morgan fingerprint density at radius 1 is 1.32 bits per heavy atom. The lowest BCUT2D eigenvalue weighted by Crippen LogP contribution is -2.35. The van der Waals surface area contributed by atoms with Crippen molar-refractivity contribution in [3.63, 3.8) is 0 Å². The molecular formula is C16H16N6O3. The summed E-state index contributed by atoms with van der Waals surface area (Å²) in [6, 6.07) is 5.61. The zero-order chi connectivity index (χ0) is 17.2. The number of rotatable bonds is 5. The van der Waals surface area contributed by atoms with Crippen molar-refractivity contribution >= 4 is 22.9 Å². The molecule has 3 heterocycles. The van der Waals surface area contributed by atoms with Crippen molar-refractivity contribution in [1.82, 2.24) is 25.3 Å². The van der Waals surface area contributed by atoms with Gasteiger partial charge in [-0.25, -0.2) is 15.0 Å². The first kappa shape index (κ1) is 15.2. The highest BCUT2D eigenvalue weighted by Crippen LogP contribution is 2.35. The fourth-order valence-electron chi connectivity index (χ4n) is 2.71. The van der Waals surface area contributed by atoms with Crippen molar-refractivity contribution in [1.29, 1.82) is 0 Å². The Hall–Kier alpha value is -3.36. The summed E-state index contributed by atoms with van der Waals surface area (Å²) in [4.78, 5) is 29.4. The van der Waals surface area contributed by atoms with E-state index < -0.39 is 0 Å². The molecule has 0 bridgehead atoms. The van der Waals surface area contributed by atoms with Crippen LogP contribution in [0.5, 0.6) is 11.5 Å². The zero-order valence-corrected chi connectivity index (χ0v) is 13.5. The number of likely N-dealkylation sites (N-methyl/N-ethyl adjacent to an activating group) is 1. The van der Waals surface area contributed by atoms with E-state index in [1.54, 1.807) is 18.3 Å². The van der Waals surface area contributed by atoms with Gasteiger partial charge < -0.3 is 24.7 Å². The maximum absolute atomic E-state index is 12.3. The van der Waals surface area contributed by atoms with Gasteiger partial charge >= 0.3 is 0 Å². The minimum Gasteiger partial charge on any atom is -0.454 e. The van der Waals surface area contributed by atoms with Gasteiger partial charge in [-0.1, -0.05) is 12.1 Å². The second-order valence-electron chi connectivity index (χ2n) is 5.58. The summed E-state index contributed by atoms with van der Waals surface area (Å²) in [5.74, 6) is 1.87. The number of aromatic amines is 1. The lowest BCUT2D eigenvalue weighted by Gasteiger charge is -2.18. The second-order valence-corrected chi connectivity index (χ2v) is 5.58. The number of carbonyl (C=O) groups excluding carboxylic acids is 1. The van der Waals surface area contributed by atoms with Crippen LogP contribution in [0.15, 0.2) is 30.9 Å². The molecule has 128 valence electrons. The summed E-state index contributed by atoms with van der Waals surface area (Å²) in [5.41, 5.74) is 2.14. The quantitative estimate of drug-likeness (QED) is 0.709. The van der Waals surface area contributed by atoms with Crippen LogP contribution in [0.2, 0.25) is 0 Å². The van der Waals surface area contributed by atoms with Gasteiger partial charge in [-0.05, 0) is 6.07 Å². The number of fused-ring (bicyclic) bond motifs is 2. The molecule has 2 N–H and O–H groups in total. The molecule has 4 rings (SSSR count). The number of amides is 1. The van der Waals surface area contributed by atoms with Gasteiger partial charge in [-0.2, -0.15) is 0 Å². The van der Waals surface area contributed by atoms with Crippen molar-refractivity contribution in [2.45, 2.75) is 6.54 Å². The SMILES string of the molecule is CN(CC(=O)NCc1cccc2c1OCO2)c1ncnc2nc[nH]c12. The fourth-order valence-corrected chi connectivity index (χ4v) is 2.71. The summed E-state index contributed by atoms with van der Waals surface area (Å²) in [5, 5.41) is 2.89. The minimum absolute atomic E-state index is 0.134. The van der Waals surface area contributed by atoms with Crippen molar-refractivity contribution in [3.05, 3.63) is 36.4 Å². The van der Waals surface area contributed by atoms with Gasteiger partial charge in [0.05, 0.1) is 12.9 Å². The van der Waals surface area contributed by atoms with Gasteiger partial charge in [0.2, 0.25) is 12.7 Å². The van der Waals surface area contributed by atoms with Crippen molar-refractivity contribution in [2.75, 3.05) is 25.3 Å². The number of H-pyrrole nitrogens is 1. The third kappa shape index (κ3) is 2.91. The monoisotopic (exact) mass is 340 g/mol. The van der Waals surface area contributed by atoms with Gasteiger partial charge in [0.15, 0.2) is 23.0 Å². The number of anilines is 1. The number of hydrogen-bond acceptors (Lipinski definition) is 7. The van der Waals surface area contributed by atoms with Crippen molar-refractivity contribution in [3.8, 4) is 11.5 Å². The first-order chi connectivity index (χ1) is 12.2. The zero-order valence-electron chi connectivity index (χ0n) is 13.5. The van der Waals surface area contributed by atoms with Crippen LogP contribution in [0.4, 0.5) is 5.82 Å². The molecule has 1 amide bonds. The second kappa shape index (κ2) is 6.27. The van der Waals surface area contributed by atoms with Crippen LogP contribution in [-0.2, 0) is 11.3 Å². The number of nitrogens with zero attached hydrogens (tertiary/aromatic N) is 4. The normalized spacial score (nSPS) is 12.4. The van der Waals surface area contributed by atoms with Gasteiger partial charge in [0, 0.05) is 19.2 Å². The van der Waals surface area contributed by atoms with Crippen LogP contribution in [-0.4, -0.2) is 46.2 Å². The third-order valence-corrected chi connectivity index (χ3v) is 3.90. The number of para-hydroxylation sites is 1. The largest absolute Gasteiger partial charge is 0.454 e. The molecule has 1 aromatic carbocycles. The Kier molecular flexibility index (Phi) is 3.81. The highest BCUT2D eigenvalue weighted by Gasteiger charge is 2.18. The molecule has 1 aliphatic heterocycles. The predicted molar refractivity (Wildman–Crippen MR) is 89.4 cm³/mol. The Labute approximate surface area is 143 Å². The van der Waals surface area contributed by atoms with E-state index >= 15 is 0 Å². The Morgan fingerprint density at radius 3 is 3.16 bits per heavy atom. The number of aromatic nitrogens is 4. The fraction of sp³-hybridized carbons (Fsp3) is 0.250. The van der Waals surface area contributed by atoms with E-state index in [1.165, 1.54) is 6.33 Å². The molecule has 0 unspecified atom stereocenters. The molecule has 25 heavy (non-hydrogen) atoms. The van der Waals surface area contributed by atoms with Crippen LogP contribution in [0, 0.1) is 0 Å². The molecule has 0 aliphatic carbocycles. The van der Waals surface area contributed by atoms with Gasteiger partial charge in [0.25, 0.3) is 0 Å². The maximum atomic E-state index is 12.3. The number of hydrogen-bond donors (Lipinski definition) is 2. The Bertz CT molecular complexity index is 925. The summed E-state index contributed by atoms with van der Waals surface area (Å²) in [6.07, 6.45) is 2.98. The number of imidazole rings is 1. The predicted octanol–water partition coefficient (Wildman–Crippen LogP) is 0.834. The maximum Gasteiger partial charge on any atom is 0.239 e. The summed E-state index contributed by atoms with van der Waals surface area (Å²) < 4.78 is 10.8. The Balaban J connectivity index is 1.41. The number of benzene rings is 1. The highest BCUT2D eigenvalue weighted by atomic mass is 16.7. The molecule has 1 aliphatic rings. The van der Waals surface area contributed by atoms with Gasteiger partial charge in [-0.3, -0.25) is 4.79 Å². The molecule has 9 heteroatoms. The number of carbonyl (C=O) groups is 1. The van der Waals surface area contributed by atoms with Crippen molar-refractivity contribution in [2.24, 2.45) is 0 Å². The number of ether oxygens (including phenoxy) is 2. The summed E-state index contributed by atoms with van der Waals surface area (Å²) in [7, 11) is 1.79. The van der Waals surface area contributed by atoms with E-state index in [0.29, 0.717) is 35.0 Å². The molecule has 0 fully saturated rings. The van der Waals surface area contributed by atoms with Crippen LogP contribution in [0.3, 0.4) is 0 Å². The standard InChI is InChI=1S/C16H16N6O3/c1-22(16-13-15(19-7-18-13)20-8-21-16)6-12(23)17-5-10-3-2-4-11-14(10)25-9-24-11/h2-4,7-8H,5-6,9H2,1H3,(H,17,23)(H,18,19,20,21). The van der Waals surface area contributed by atoms with E-state index in [2.05, 4.69) is 25.3 Å². The minimum atomic E-state index is -0.134. The van der Waals surface area contributed by atoms with Crippen LogP contribution in [0.25, 0.3) is 11.2 Å². The topological polar surface area (TPSA) is 105 Å². The van der Waals surface area contributed by atoms with E-state index in [4.69, 9.17) is 9.47 Å². The lowest BCUT2D eigenvalue weighted by molar-refractivity contribution is -0.119. The molecule has 0 saturated heterocycles. The first-order valence-electron chi connectivity index (χ1n) is 7.72. The molecule has 3 aromatic rings. The van der Waals surface area contributed by atoms with E-state index in [0.717, 1.165) is 5.56 Å². The Morgan fingerprint density at radius 2 is 2.24 bits per heavy atom. The molecule has 0 radical (unpaired) electrons. The van der Waals surface area contributed by atoms with E-state index in [1.807, 2.05) is 18.2 Å². The summed E-state index contributed by atoms with van der Waals surface area (Å²) >= 11 is 0. The molecule has 0 atom stereocenters. The van der Waals surface area contributed by atoms with Gasteiger partial charge in [0.1, 0.15) is 11.8 Å². The molecule has 2 aromatic heterocycles. The average Bonchev–Trinajstić information content (AvgIpc) is 3.28. The lowest BCUT2D eigenvalue weighted by atomic mass is 10.2. The van der Waals surface area contributed by atoms with Crippen LogP contribution < -0.4 is 19.7 Å². The van der Waals surface area contributed by atoms with Crippen LogP contribution in [0.1, 0.15) is 5.56 Å². The first-order valence-corrected chi connectivity index (χ1v) is 7.72. The van der Waals surface area contributed by atoms with Gasteiger partial charge in [-0.15, -0.1) is 0 Å². The van der Waals surface area contributed by atoms with Crippen LogP contribution >= 0.6 is 0 Å². The molecular weight excluding hydrogens is 324 g/mol. The van der Waals surface area contributed by atoms with E-state index in [-0.39, 0.29) is 19.2 Å². The molecule has 0 saturated carbocycles. The number of nitrogens with one attached hydrogen (secondary N) is 2. The summed E-state index contributed by atoms with van der Waals surface area (Å²) in [6.45, 7) is 0.719.